The van der Waals surface area contributed by atoms with Crippen molar-refractivity contribution in [3.8, 4) is 11.1 Å². The third kappa shape index (κ3) is 4.60. The topological polar surface area (TPSA) is 113 Å². The number of nitrogens with zero attached hydrogens (tertiary/aromatic N) is 5. The predicted molar refractivity (Wildman–Crippen MR) is 149 cm³/mol. The molecule has 0 radical (unpaired) electrons. The molecule has 3 fully saturated rings. The molecule has 3 aliphatic rings. The molecule has 3 saturated heterocycles. The average molecular weight is 515 g/mol. The molecule has 198 valence electrons. The monoisotopic (exact) mass is 514 g/mol. The first kappa shape index (κ1) is 24.4. The van der Waals surface area contributed by atoms with E-state index in [2.05, 4.69) is 38.3 Å². The maximum absolute atomic E-state index is 13.2. The van der Waals surface area contributed by atoms with Gasteiger partial charge in [-0.1, -0.05) is 12.1 Å². The van der Waals surface area contributed by atoms with Gasteiger partial charge in [-0.25, -0.2) is 9.78 Å². The van der Waals surface area contributed by atoms with Crippen molar-refractivity contribution in [2.75, 3.05) is 48.0 Å². The Morgan fingerprint density at radius 1 is 1.11 bits per heavy atom. The Morgan fingerprint density at radius 2 is 1.97 bits per heavy atom. The Morgan fingerprint density at radius 3 is 2.74 bits per heavy atom. The van der Waals surface area contributed by atoms with Gasteiger partial charge in [0.15, 0.2) is 0 Å². The van der Waals surface area contributed by atoms with Crippen LogP contribution in [0.15, 0.2) is 42.6 Å². The molecule has 2 aromatic heterocycles. The maximum Gasteiger partial charge on any atom is 0.324 e. The summed E-state index contributed by atoms with van der Waals surface area (Å²) >= 11 is 0. The summed E-state index contributed by atoms with van der Waals surface area (Å²) in [6.45, 7) is 5.76. The molecule has 2 atom stereocenters. The first-order chi connectivity index (χ1) is 18.6. The maximum atomic E-state index is 13.2. The molecule has 38 heavy (non-hydrogen) atoms. The predicted octanol–water partition coefficient (Wildman–Crippen LogP) is 4.62. The largest absolute Gasteiger partial charge is 0.377 e. The molecule has 10 heteroatoms. The number of rotatable bonds is 6. The minimum absolute atomic E-state index is 0.118. The van der Waals surface area contributed by atoms with Crippen molar-refractivity contribution in [2.45, 2.75) is 44.7 Å². The average Bonchev–Trinajstić information content (AvgIpc) is 3.47. The van der Waals surface area contributed by atoms with Crippen LogP contribution in [0.5, 0.6) is 0 Å². The van der Waals surface area contributed by atoms with E-state index in [1.165, 1.54) is 12.6 Å². The molecule has 10 nitrogen and oxygen atoms in total. The van der Waals surface area contributed by atoms with E-state index in [1.807, 2.05) is 35.2 Å². The summed E-state index contributed by atoms with van der Waals surface area (Å²) < 4.78 is 5.65. The SMILES string of the molecule is C[C@@H]1COCCN1c1cc(-c2ccc(N3CCC4CCCCN4C3=O)cc2)c(C=N)c(Nc2ccn[nH]2)n1. The van der Waals surface area contributed by atoms with Crippen molar-refractivity contribution >= 4 is 35.4 Å². The molecule has 3 aromatic rings. The number of pyridine rings is 1. The summed E-state index contributed by atoms with van der Waals surface area (Å²) in [5, 5.41) is 18.5. The van der Waals surface area contributed by atoms with Crippen molar-refractivity contribution in [1.29, 1.82) is 5.41 Å². The van der Waals surface area contributed by atoms with Crippen molar-refractivity contribution < 1.29 is 9.53 Å². The van der Waals surface area contributed by atoms with E-state index in [-0.39, 0.29) is 12.1 Å². The lowest BCUT2D eigenvalue weighted by Gasteiger charge is -2.44. The Kier molecular flexibility index (Phi) is 6.71. The zero-order valence-electron chi connectivity index (χ0n) is 21.7. The van der Waals surface area contributed by atoms with Crippen molar-refractivity contribution in [1.82, 2.24) is 20.1 Å². The van der Waals surface area contributed by atoms with Crippen LogP contribution in [0, 0.1) is 5.41 Å². The number of H-pyrrole nitrogens is 1. The fourth-order valence-electron chi connectivity index (χ4n) is 5.83. The van der Waals surface area contributed by atoms with E-state index >= 15 is 0 Å². The van der Waals surface area contributed by atoms with Crippen LogP contribution in [0.25, 0.3) is 11.1 Å². The van der Waals surface area contributed by atoms with Crippen LogP contribution in [-0.2, 0) is 4.74 Å². The molecule has 0 spiro atoms. The number of anilines is 4. The minimum atomic E-state index is 0.118. The summed E-state index contributed by atoms with van der Waals surface area (Å²) in [4.78, 5) is 24.4. The number of benzene rings is 1. The molecule has 0 aliphatic carbocycles. The highest BCUT2D eigenvalue weighted by molar-refractivity contribution is 5.97. The van der Waals surface area contributed by atoms with Gasteiger partial charge in [-0.15, -0.1) is 0 Å². The number of urea groups is 1. The van der Waals surface area contributed by atoms with Crippen LogP contribution >= 0.6 is 0 Å². The van der Waals surface area contributed by atoms with Gasteiger partial charge in [0, 0.05) is 49.2 Å². The van der Waals surface area contributed by atoms with Crippen LogP contribution in [-0.4, -0.2) is 77.3 Å². The number of fused-ring (bicyclic) bond motifs is 1. The standard InChI is InChI=1S/C28H34N8O2/c1-19-18-38-15-14-34(19)26-16-23(24(17-29)27(32-26)31-25-9-11-30-33-25)20-5-7-22(8-6-20)36-13-10-21-4-2-3-12-35(21)28(36)37/h5-9,11,16-17,19,21,29H,2-4,10,12-15,18H2,1H3,(H2,30,31,32,33)/t19-,21?/m1/s1. The second-order valence-electron chi connectivity index (χ2n) is 10.3. The molecule has 1 unspecified atom stereocenters. The Hall–Kier alpha value is -3.92. The van der Waals surface area contributed by atoms with Crippen LogP contribution in [0.4, 0.5) is 27.9 Å². The molecule has 0 bridgehead atoms. The van der Waals surface area contributed by atoms with E-state index in [9.17, 15) is 4.79 Å². The number of carbonyl (C=O) groups is 1. The molecular weight excluding hydrogens is 480 g/mol. The van der Waals surface area contributed by atoms with Gasteiger partial charge in [-0.2, -0.15) is 5.10 Å². The number of amides is 2. The number of morpholine rings is 1. The summed E-state index contributed by atoms with van der Waals surface area (Å²) in [7, 11) is 0. The summed E-state index contributed by atoms with van der Waals surface area (Å²) in [5.74, 6) is 2.12. The normalized spacial score (nSPS) is 21.8. The van der Waals surface area contributed by atoms with E-state index in [0.29, 0.717) is 36.5 Å². The quantitative estimate of drug-likeness (QED) is 0.414. The zero-order chi connectivity index (χ0) is 26.1. The molecule has 2 amide bonds. The number of ether oxygens (including phenoxy) is 1. The van der Waals surface area contributed by atoms with Gasteiger partial charge in [-0.05, 0) is 61.9 Å². The van der Waals surface area contributed by atoms with Crippen molar-refractivity contribution in [3.63, 3.8) is 0 Å². The minimum Gasteiger partial charge on any atom is -0.377 e. The fourth-order valence-corrected chi connectivity index (χ4v) is 5.83. The molecule has 0 saturated carbocycles. The van der Waals surface area contributed by atoms with Gasteiger partial charge < -0.3 is 25.3 Å². The number of piperidine rings is 1. The Labute approximate surface area is 222 Å². The third-order valence-corrected chi connectivity index (χ3v) is 7.88. The van der Waals surface area contributed by atoms with Crippen LogP contribution in [0.1, 0.15) is 38.2 Å². The fraction of sp³-hybridized carbons (Fsp3) is 0.429. The molecule has 5 heterocycles. The second kappa shape index (κ2) is 10.4. The smallest absolute Gasteiger partial charge is 0.324 e. The lowest BCUT2D eigenvalue weighted by Crippen LogP contribution is -2.56. The van der Waals surface area contributed by atoms with Gasteiger partial charge in [0.05, 0.1) is 25.5 Å². The van der Waals surface area contributed by atoms with Gasteiger partial charge >= 0.3 is 6.03 Å². The van der Waals surface area contributed by atoms with Gasteiger partial charge in [0.25, 0.3) is 0 Å². The van der Waals surface area contributed by atoms with E-state index in [1.54, 1.807) is 6.20 Å². The molecular formula is C28H34N8O2. The summed E-state index contributed by atoms with van der Waals surface area (Å²) in [5.41, 5.74) is 3.45. The molecule has 1 aromatic carbocycles. The number of aromatic nitrogens is 3. The van der Waals surface area contributed by atoms with Crippen LogP contribution in [0.2, 0.25) is 0 Å². The Balaban J connectivity index is 1.35. The molecule has 3 aliphatic heterocycles. The van der Waals surface area contributed by atoms with Crippen molar-refractivity contribution in [3.05, 3.63) is 48.2 Å². The summed E-state index contributed by atoms with van der Waals surface area (Å²) in [6, 6.07) is 12.7. The first-order valence-electron chi connectivity index (χ1n) is 13.5. The lowest BCUT2D eigenvalue weighted by atomic mass is 9.97. The van der Waals surface area contributed by atoms with Gasteiger partial charge in [0.1, 0.15) is 17.5 Å². The van der Waals surface area contributed by atoms with E-state index < -0.39 is 0 Å². The third-order valence-electron chi connectivity index (χ3n) is 7.88. The highest BCUT2D eigenvalue weighted by Crippen LogP contribution is 2.35. The number of hydrogen-bond acceptors (Lipinski definition) is 7. The lowest BCUT2D eigenvalue weighted by molar-refractivity contribution is 0.0985. The van der Waals surface area contributed by atoms with Crippen molar-refractivity contribution in [2.24, 2.45) is 0 Å². The number of hydrogen-bond donors (Lipinski definition) is 3. The van der Waals surface area contributed by atoms with Crippen LogP contribution < -0.4 is 15.1 Å². The molecule has 6 rings (SSSR count). The van der Waals surface area contributed by atoms with E-state index in [0.717, 1.165) is 61.5 Å². The highest BCUT2D eigenvalue weighted by Gasteiger charge is 2.35. The number of aromatic amines is 1. The highest BCUT2D eigenvalue weighted by atomic mass is 16.5. The zero-order valence-corrected chi connectivity index (χ0v) is 21.7. The molecule has 3 N–H and O–H groups in total. The second-order valence-corrected chi connectivity index (χ2v) is 10.3. The number of carbonyl (C=O) groups excluding carboxylic acids is 1. The van der Waals surface area contributed by atoms with Gasteiger partial charge in [0.2, 0.25) is 0 Å². The summed E-state index contributed by atoms with van der Waals surface area (Å²) in [6.07, 6.45) is 7.45. The van der Waals surface area contributed by atoms with E-state index in [4.69, 9.17) is 15.1 Å². The van der Waals surface area contributed by atoms with Crippen LogP contribution in [0.3, 0.4) is 0 Å². The Bertz CT molecular complexity index is 1290. The van der Waals surface area contributed by atoms with Gasteiger partial charge in [-0.3, -0.25) is 10.00 Å². The number of nitrogens with one attached hydrogen (secondary N) is 3. The first-order valence-corrected chi connectivity index (χ1v) is 13.5.